The third kappa shape index (κ3) is 7.63. The van der Waals surface area contributed by atoms with Crippen molar-refractivity contribution in [3.63, 3.8) is 0 Å². The molecular formula is C28H24N4O13S5. The van der Waals surface area contributed by atoms with Crippen LogP contribution in [0.2, 0.25) is 0 Å². The van der Waals surface area contributed by atoms with Gasteiger partial charge in [0.1, 0.15) is 38.4 Å². The first-order valence-corrected chi connectivity index (χ1v) is 18.9. The highest BCUT2D eigenvalue weighted by Crippen LogP contribution is 2.46. The number of thioether (sulfide) groups is 2. The summed E-state index contributed by atoms with van der Waals surface area (Å²) in [7, 11) is -4.22. The van der Waals surface area contributed by atoms with Gasteiger partial charge in [0.15, 0.2) is 0 Å². The van der Waals surface area contributed by atoms with Gasteiger partial charge in [0.05, 0.1) is 21.0 Å². The maximum absolute atomic E-state index is 13.8. The van der Waals surface area contributed by atoms with Gasteiger partial charge in [0.2, 0.25) is 0 Å². The van der Waals surface area contributed by atoms with Crippen LogP contribution >= 0.6 is 46.2 Å². The van der Waals surface area contributed by atoms with Gasteiger partial charge in [-0.1, -0.05) is 23.9 Å². The molecule has 4 N–H and O–H groups in total. The Labute approximate surface area is 296 Å². The first-order valence-electron chi connectivity index (χ1n) is 14.1. The number of benzene rings is 1. The minimum absolute atomic E-state index is 0.0177. The predicted molar refractivity (Wildman–Crippen MR) is 183 cm³/mol. The van der Waals surface area contributed by atoms with Gasteiger partial charge in [-0.25, -0.2) is 0 Å². The van der Waals surface area contributed by atoms with Crippen molar-refractivity contribution in [2.75, 3.05) is 23.7 Å². The summed E-state index contributed by atoms with van der Waals surface area (Å²) in [6.07, 6.45) is 1.70. The molecule has 0 atom stereocenters. The number of rotatable bonds is 11. The number of thiazole rings is 2. The minimum atomic E-state index is -4.22. The monoisotopic (exact) mass is 784 g/mol. The van der Waals surface area contributed by atoms with E-state index in [1.54, 1.807) is 30.0 Å². The number of aromatic nitrogens is 2. The molecule has 22 heteroatoms. The highest BCUT2D eigenvalue weighted by Gasteiger charge is 2.38. The fraction of sp³-hybridized carbons (Fsp3) is 0.250. The number of aliphatic carboxylic acids is 3. The SMILES string of the molecule is CC(C=C1Sc2ccccc2N1CCCS(=O)(=O)O)=c1s/c(=c2/s/c(=C3/SC(=O)N(CC(=O)O)C3=O)n(CC(=O)O)c2=O)n(CC(=O)O)c1=O. The summed E-state index contributed by atoms with van der Waals surface area (Å²) in [5.41, 5.74) is -0.688. The average Bonchev–Trinajstić information content (AvgIpc) is 3.70. The Hall–Kier alpha value is -4.48. The number of carbonyl (C=O) groups excluding carboxylic acids is 2. The number of hydrogen-bond donors (Lipinski definition) is 4. The molecule has 0 radical (unpaired) electrons. The van der Waals surface area contributed by atoms with Gasteiger partial charge < -0.3 is 20.2 Å². The number of hydrogen-bond acceptors (Lipinski definition) is 14. The highest BCUT2D eigenvalue weighted by atomic mass is 32.2. The van der Waals surface area contributed by atoms with Crippen molar-refractivity contribution < 1.29 is 52.3 Å². The fourth-order valence-electron chi connectivity index (χ4n) is 4.95. The van der Waals surface area contributed by atoms with Crippen LogP contribution in [0.5, 0.6) is 0 Å². The van der Waals surface area contributed by atoms with E-state index >= 15 is 0 Å². The van der Waals surface area contributed by atoms with E-state index in [4.69, 9.17) is 5.11 Å². The molecule has 1 saturated heterocycles. The van der Waals surface area contributed by atoms with Gasteiger partial charge in [-0.2, -0.15) is 8.42 Å². The minimum Gasteiger partial charge on any atom is -0.480 e. The summed E-state index contributed by atoms with van der Waals surface area (Å²) in [5.74, 6) is -5.98. The highest BCUT2D eigenvalue weighted by molar-refractivity contribution is 8.23. The molecule has 17 nitrogen and oxygen atoms in total. The second-order valence-corrected chi connectivity index (χ2v) is 16.1. The van der Waals surface area contributed by atoms with Gasteiger partial charge in [0, 0.05) is 11.4 Å². The van der Waals surface area contributed by atoms with Crippen LogP contribution in [0.15, 0.2) is 49.9 Å². The van der Waals surface area contributed by atoms with Crippen LogP contribution in [0.25, 0.3) is 10.5 Å². The van der Waals surface area contributed by atoms with Crippen LogP contribution in [0.3, 0.4) is 0 Å². The van der Waals surface area contributed by atoms with E-state index in [1.165, 1.54) is 11.8 Å². The number of para-hydroxylation sites is 1. The molecule has 0 bridgehead atoms. The van der Waals surface area contributed by atoms with E-state index in [0.717, 1.165) is 26.5 Å². The summed E-state index contributed by atoms with van der Waals surface area (Å²) < 4.78 is 32.7. The smallest absolute Gasteiger partial charge is 0.323 e. The number of allylic oxidation sites excluding steroid dienone is 1. The Balaban J connectivity index is 1.76. The van der Waals surface area contributed by atoms with Crippen LogP contribution in [0.4, 0.5) is 10.5 Å². The van der Waals surface area contributed by atoms with Gasteiger partial charge in [-0.15, -0.1) is 22.7 Å². The summed E-state index contributed by atoms with van der Waals surface area (Å²) >= 11 is 2.93. The Kier molecular flexibility index (Phi) is 10.6. The van der Waals surface area contributed by atoms with E-state index < -0.39 is 80.6 Å². The van der Waals surface area contributed by atoms with E-state index in [0.29, 0.717) is 43.2 Å². The quantitative estimate of drug-likeness (QED) is 0.192. The van der Waals surface area contributed by atoms with Crippen molar-refractivity contribution in [1.29, 1.82) is 0 Å². The number of amides is 2. The maximum Gasteiger partial charge on any atom is 0.323 e. The third-order valence-corrected chi connectivity index (χ3v) is 12.7. The topological polar surface area (TPSA) is 251 Å². The normalized spacial score (nSPS) is 17.8. The molecule has 4 heterocycles. The van der Waals surface area contributed by atoms with Crippen molar-refractivity contribution in [2.24, 2.45) is 0 Å². The molecular weight excluding hydrogens is 761 g/mol. The van der Waals surface area contributed by atoms with E-state index in [1.807, 2.05) is 12.1 Å². The van der Waals surface area contributed by atoms with Gasteiger partial charge in [-0.3, -0.25) is 52.1 Å². The summed E-state index contributed by atoms with van der Waals surface area (Å²) in [4.78, 5) is 90.4. The molecule has 2 aliphatic rings. The second-order valence-electron chi connectivity index (χ2n) is 10.6. The molecule has 0 aliphatic carbocycles. The van der Waals surface area contributed by atoms with Gasteiger partial charge >= 0.3 is 17.9 Å². The number of carboxylic acids is 3. The van der Waals surface area contributed by atoms with Crippen LogP contribution in [-0.4, -0.2) is 90.2 Å². The first kappa shape index (κ1) is 36.8. The molecule has 264 valence electrons. The largest absolute Gasteiger partial charge is 0.480 e. The van der Waals surface area contributed by atoms with E-state index in [9.17, 15) is 56.7 Å². The maximum atomic E-state index is 13.8. The van der Waals surface area contributed by atoms with E-state index in [-0.39, 0.29) is 31.4 Å². The molecule has 5 rings (SSSR count). The Morgan fingerprint density at radius 2 is 1.44 bits per heavy atom. The Morgan fingerprint density at radius 3 is 2.06 bits per heavy atom. The van der Waals surface area contributed by atoms with Crippen molar-refractivity contribution in [1.82, 2.24) is 14.0 Å². The summed E-state index contributed by atoms with van der Waals surface area (Å²) in [6.45, 7) is -1.08. The zero-order chi connectivity index (χ0) is 36.7. The molecule has 50 heavy (non-hydrogen) atoms. The fourth-order valence-corrected chi connectivity index (χ4v) is 10.0. The molecule has 2 aromatic heterocycles. The van der Waals surface area contributed by atoms with Gasteiger partial charge in [-0.05, 0) is 48.9 Å². The molecule has 2 amide bonds. The number of carbonyl (C=O) groups is 5. The molecule has 2 aliphatic heterocycles. The lowest BCUT2D eigenvalue weighted by molar-refractivity contribution is -0.140. The predicted octanol–water partition coefficient (Wildman–Crippen LogP) is 0.380. The van der Waals surface area contributed by atoms with E-state index in [2.05, 4.69) is 0 Å². The molecule has 0 spiro atoms. The number of fused-ring (bicyclic) bond motifs is 1. The van der Waals surface area contributed by atoms with Crippen LogP contribution < -0.4 is 25.2 Å². The van der Waals surface area contributed by atoms with Crippen LogP contribution in [0, 0.1) is 9.20 Å². The standard InChI is InChI=1S/C28H24N4O13S5/c1-13(9-16-29(7-4-8-50(43,44)45)14-5-2-3-6-15(14)46-16)20-23(39)30(10-17(33)34)26(47-20)21-24(40)31(11-18(35)36)27(48-21)22-25(41)32(12-19(37)38)28(42)49-22/h2-3,5-6,9H,4,7-8,10-12H2,1H3,(H,33,34)(H,35,36)(H,37,38)(H,43,44,45)/b16-9?,20-13?,26-21+,27-22+. The Bertz CT molecular complexity index is 2480. The second kappa shape index (κ2) is 14.4. The third-order valence-electron chi connectivity index (χ3n) is 7.00. The lowest BCUT2D eigenvalue weighted by Crippen LogP contribution is -2.35. The first-order chi connectivity index (χ1) is 23.5. The zero-order valence-electron chi connectivity index (χ0n) is 25.4. The average molecular weight is 785 g/mol. The number of imide groups is 1. The van der Waals surface area contributed by atoms with Crippen molar-refractivity contribution >= 4 is 102 Å². The van der Waals surface area contributed by atoms with Crippen LogP contribution in [0.1, 0.15) is 13.3 Å². The number of nitrogens with zero attached hydrogens (tertiary/aromatic N) is 4. The Morgan fingerprint density at radius 1 is 0.820 bits per heavy atom. The summed E-state index contributed by atoms with van der Waals surface area (Å²) in [5, 5.41) is 27.9. The molecule has 0 unspecified atom stereocenters. The number of carboxylic acid groups (broad SMARTS) is 3. The lowest BCUT2D eigenvalue weighted by atomic mass is 10.2. The van der Waals surface area contributed by atoms with Gasteiger partial charge in [0.25, 0.3) is 32.4 Å². The van der Waals surface area contributed by atoms with Crippen molar-refractivity contribution in [3.05, 3.63) is 74.5 Å². The molecule has 0 saturated carbocycles. The number of anilines is 1. The molecule has 3 aromatic rings. The summed E-state index contributed by atoms with van der Waals surface area (Å²) in [6, 6.07) is 7.24. The molecule has 1 aromatic carbocycles. The van der Waals surface area contributed by atoms with Crippen molar-refractivity contribution in [3.8, 4) is 0 Å². The zero-order valence-corrected chi connectivity index (χ0v) is 29.5. The van der Waals surface area contributed by atoms with Crippen LogP contribution in [-0.2, 0) is 42.4 Å². The lowest BCUT2D eigenvalue weighted by Gasteiger charge is -2.20. The molecule has 1 fully saturated rings. The van der Waals surface area contributed by atoms with Crippen molar-refractivity contribution in [2.45, 2.75) is 31.3 Å².